The first-order valence-electron chi connectivity index (χ1n) is 6.88. The quantitative estimate of drug-likeness (QED) is 0.612. The van der Waals surface area contributed by atoms with Crippen molar-refractivity contribution < 1.29 is 4.92 Å². The van der Waals surface area contributed by atoms with E-state index >= 15 is 0 Å². The number of hydrogen-bond donors (Lipinski definition) is 1. The average molecular weight is 275 g/mol. The van der Waals surface area contributed by atoms with Crippen LogP contribution in [0.1, 0.15) is 38.3 Å². The van der Waals surface area contributed by atoms with E-state index in [-0.39, 0.29) is 11.3 Å². The molecule has 0 radical (unpaired) electrons. The average Bonchev–Trinajstić information content (AvgIpc) is 2.37. The van der Waals surface area contributed by atoms with Gasteiger partial charge in [0, 0.05) is 12.1 Å². The normalized spacial score (nSPS) is 12.2. The van der Waals surface area contributed by atoms with Gasteiger partial charge in [-0.05, 0) is 36.9 Å². The highest BCUT2D eigenvalue weighted by Crippen LogP contribution is 2.20. The van der Waals surface area contributed by atoms with E-state index < -0.39 is 4.92 Å². The summed E-state index contributed by atoms with van der Waals surface area (Å²) < 4.78 is 0. The molecule has 5 heteroatoms. The van der Waals surface area contributed by atoms with E-state index in [0.717, 1.165) is 24.9 Å². The van der Waals surface area contributed by atoms with Gasteiger partial charge >= 0.3 is 0 Å². The molecule has 1 atom stereocenters. The number of likely N-dealkylation sites (N-methyl/N-ethyl adjacent to an activating group) is 1. The van der Waals surface area contributed by atoms with Crippen LogP contribution in [0.15, 0.2) is 18.2 Å². The maximum Gasteiger partial charge on any atom is 0.287 e. The minimum absolute atomic E-state index is 0.125. The molecule has 1 N–H and O–H groups in total. The molecule has 5 nitrogen and oxygen atoms in total. The molecule has 0 aliphatic carbocycles. The van der Waals surface area contributed by atoms with Crippen LogP contribution in [0.4, 0.5) is 5.69 Å². The Hall–Kier alpha value is -1.93. The van der Waals surface area contributed by atoms with Gasteiger partial charge < -0.3 is 5.32 Å². The summed E-state index contributed by atoms with van der Waals surface area (Å²) in [5, 5.41) is 23.2. The Kier molecular flexibility index (Phi) is 6.13. The second kappa shape index (κ2) is 7.61. The van der Waals surface area contributed by atoms with Crippen molar-refractivity contribution in [2.75, 3.05) is 6.54 Å². The Labute approximate surface area is 119 Å². The number of nitro groups is 1. The fourth-order valence-electron chi connectivity index (χ4n) is 2.34. The van der Waals surface area contributed by atoms with Crippen molar-refractivity contribution in [3.05, 3.63) is 39.4 Å². The van der Waals surface area contributed by atoms with E-state index in [1.54, 1.807) is 12.1 Å². The van der Waals surface area contributed by atoms with Crippen LogP contribution in [0.2, 0.25) is 0 Å². The van der Waals surface area contributed by atoms with Crippen molar-refractivity contribution in [3.8, 4) is 6.07 Å². The summed E-state index contributed by atoms with van der Waals surface area (Å²) in [4.78, 5) is 10.3. The molecule has 0 aliphatic heterocycles. The summed E-state index contributed by atoms with van der Waals surface area (Å²) in [6.07, 6.45) is 1.81. The summed E-state index contributed by atoms with van der Waals surface area (Å²) in [6, 6.07) is 7.02. The number of hydrogen-bond acceptors (Lipinski definition) is 4. The number of benzene rings is 1. The van der Waals surface area contributed by atoms with E-state index in [1.165, 1.54) is 6.07 Å². The molecule has 0 amide bonds. The van der Waals surface area contributed by atoms with Gasteiger partial charge in [0.05, 0.1) is 4.92 Å². The Balaban J connectivity index is 2.91. The number of nitrogens with one attached hydrogen (secondary N) is 1. The van der Waals surface area contributed by atoms with Gasteiger partial charge in [-0.3, -0.25) is 10.1 Å². The molecule has 108 valence electrons. The number of nitro benzene ring substituents is 1. The van der Waals surface area contributed by atoms with Crippen LogP contribution in [0, 0.1) is 27.4 Å². The first kappa shape index (κ1) is 16.1. The Morgan fingerprint density at radius 3 is 2.65 bits per heavy atom. The van der Waals surface area contributed by atoms with Gasteiger partial charge in [0.25, 0.3) is 5.69 Å². The summed E-state index contributed by atoms with van der Waals surface area (Å²) in [5.74, 6) is 0.576. The van der Waals surface area contributed by atoms with E-state index in [0.29, 0.717) is 12.0 Å². The van der Waals surface area contributed by atoms with Gasteiger partial charge in [0.2, 0.25) is 0 Å². The van der Waals surface area contributed by atoms with Crippen molar-refractivity contribution in [1.29, 1.82) is 5.26 Å². The molecule has 1 unspecified atom stereocenters. The fraction of sp³-hybridized carbons (Fsp3) is 0.533. The zero-order valence-corrected chi connectivity index (χ0v) is 12.2. The summed E-state index contributed by atoms with van der Waals surface area (Å²) in [5.41, 5.74) is 0.964. The molecule has 0 heterocycles. The first-order valence-corrected chi connectivity index (χ1v) is 6.88. The van der Waals surface area contributed by atoms with Crippen molar-refractivity contribution in [2.45, 2.75) is 39.7 Å². The molecule has 20 heavy (non-hydrogen) atoms. The fourth-order valence-corrected chi connectivity index (χ4v) is 2.34. The van der Waals surface area contributed by atoms with Crippen LogP contribution in [0.3, 0.4) is 0 Å². The highest BCUT2D eigenvalue weighted by Gasteiger charge is 2.16. The predicted octanol–water partition coefficient (Wildman–Crippen LogP) is 3.03. The molecule has 1 rings (SSSR count). The van der Waals surface area contributed by atoms with Gasteiger partial charge in [0.1, 0.15) is 11.6 Å². The predicted molar refractivity (Wildman–Crippen MR) is 78.4 cm³/mol. The van der Waals surface area contributed by atoms with Crippen molar-refractivity contribution >= 4 is 5.69 Å². The minimum Gasteiger partial charge on any atom is -0.314 e. The molecule has 0 spiro atoms. The third kappa shape index (κ3) is 4.63. The SMILES string of the molecule is CCNC(Cc1ccc([N+](=O)[O-])c(C#N)c1)CC(C)C. The maximum atomic E-state index is 10.8. The number of nitrogens with zero attached hydrogens (tertiary/aromatic N) is 2. The number of nitriles is 1. The summed E-state index contributed by atoms with van der Waals surface area (Å²) in [7, 11) is 0. The molecular weight excluding hydrogens is 254 g/mol. The van der Waals surface area contributed by atoms with E-state index in [4.69, 9.17) is 5.26 Å². The first-order chi connectivity index (χ1) is 9.47. The highest BCUT2D eigenvalue weighted by molar-refractivity contribution is 5.50. The zero-order valence-electron chi connectivity index (χ0n) is 12.2. The molecule has 1 aromatic rings. The van der Waals surface area contributed by atoms with Crippen molar-refractivity contribution in [3.63, 3.8) is 0 Å². The lowest BCUT2D eigenvalue weighted by Gasteiger charge is -2.20. The lowest BCUT2D eigenvalue weighted by atomic mass is 9.96. The minimum atomic E-state index is -0.516. The Morgan fingerprint density at radius 1 is 1.45 bits per heavy atom. The monoisotopic (exact) mass is 275 g/mol. The van der Waals surface area contributed by atoms with Crippen LogP contribution in [-0.2, 0) is 6.42 Å². The molecule has 0 aromatic heterocycles. The van der Waals surface area contributed by atoms with Crippen LogP contribution >= 0.6 is 0 Å². The largest absolute Gasteiger partial charge is 0.314 e. The molecule has 0 saturated carbocycles. The number of rotatable bonds is 7. The third-order valence-corrected chi connectivity index (χ3v) is 3.11. The van der Waals surface area contributed by atoms with Gasteiger partial charge in [-0.1, -0.05) is 26.8 Å². The van der Waals surface area contributed by atoms with E-state index in [2.05, 4.69) is 26.1 Å². The topological polar surface area (TPSA) is 79.0 Å². The molecule has 1 aromatic carbocycles. The molecule has 0 saturated heterocycles. The van der Waals surface area contributed by atoms with Crippen LogP contribution < -0.4 is 5.32 Å². The van der Waals surface area contributed by atoms with Gasteiger partial charge in [0.15, 0.2) is 0 Å². The summed E-state index contributed by atoms with van der Waals surface area (Å²) in [6.45, 7) is 7.28. The van der Waals surface area contributed by atoms with Crippen molar-refractivity contribution in [1.82, 2.24) is 5.32 Å². The molecular formula is C15H21N3O2. The van der Waals surface area contributed by atoms with Crippen LogP contribution in [0.25, 0.3) is 0 Å². The summed E-state index contributed by atoms with van der Waals surface area (Å²) >= 11 is 0. The van der Waals surface area contributed by atoms with Gasteiger partial charge in [-0.25, -0.2) is 0 Å². The standard InChI is InChI=1S/C15H21N3O2/c1-4-17-14(7-11(2)3)9-12-5-6-15(18(19)20)13(8-12)10-16/h5-6,8,11,14,17H,4,7,9H2,1-3H3. The third-order valence-electron chi connectivity index (χ3n) is 3.11. The second-order valence-corrected chi connectivity index (χ2v) is 5.31. The molecule has 0 fully saturated rings. The van der Waals surface area contributed by atoms with Gasteiger partial charge in [-0.15, -0.1) is 0 Å². The lowest BCUT2D eigenvalue weighted by molar-refractivity contribution is -0.385. The van der Waals surface area contributed by atoms with Crippen LogP contribution in [0.5, 0.6) is 0 Å². The van der Waals surface area contributed by atoms with Gasteiger partial charge in [-0.2, -0.15) is 5.26 Å². The highest BCUT2D eigenvalue weighted by atomic mass is 16.6. The second-order valence-electron chi connectivity index (χ2n) is 5.31. The van der Waals surface area contributed by atoms with Crippen LogP contribution in [-0.4, -0.2) is 17.5 Å². The zero-order chi connectivity index (χ0) is 15.1. The maximum absolute atomic E-state index is 10.8. The molecule has 0 bridgehead atoms. The Bertz CT molecular complexity index is 506. The van der Waals surface area contributed by atoms with E-state index in [9.17, 15) is 10.1 Å². The molecule has 0 aliphatic rings. The smallest absolute Gasteiger partial charge is 0.287 e. The van der Waals surface area contributed by atoms with Crippen molar-refractivity contribution in [2.24, 2.45) is 5.92 Å². The lowest BCUT2D eigenvalue weighted by Crippen LogP contribution is -2.32. The Morgan fingerprint density at radius 2 is 2.15 bits per heavy atom. The van der Waals surface area contributed by atoms with E-state index in [1.807, 2.05) is 6.07 Å².